The molecule has 0 bridgehead atoms. The molecule has 146 valence electrons. The number of benzene rings is 1. The first-order valence-electron chi connectivity index (χ1n) is 8.69. The van der Waals surface area contributed by atoms with Crippen molar-refractivity contribution in [1.29, 1.82) is 0 Å². The molecular formula is C20H19Cl2N3O3. The Labute approximate surface area is 171 Å². The highest BCUT2D eigenvalue weighted by Crippen LogP contribution is 2.30. The number of hydrogen-bond acceptors (Lipinski definition) is 3. The number of rotatable bonds is 5. The van der Waals surface area contributed by atoms with Crippen molar-refractivity contribution in [3.63, 3.8) is 0 Å². The zero-order valence-corrected chi connectivity index (χ0v) is 17.2. The van der Waals surface area contributed by atoms with Gasteiger partial charge >= 0.3 is 5.97 Å². The van der Waals surface area contributed by atoms with Gasteiger partial charge in [0.2, 0.25) is 0 Å². The molecule has 0 aliphatic carbocycles. The lowest BCUT2D eigenvalue weighted by molar-refractivity contribution is 0.0695. The molecule has 28 heavy (non-hydrogen) atoms. The standard InChI is InChI=1S/C20H19Cl2N3O3/c1-4-24-14(10-25-12(3)7-11(2)23-25)9-17(26)18(20(27)28)19(24)13-5-6-15(21)16(22)8-13/h5-9H,4,10H2,1-3H3,(H,27,28). The first kappa shape index (κ1) is 20.2. The van der Waals surface area contributed by atoms with Gasteiger partial charge in [0.1, 0.15) is 5.56 Å². The Hall–Kier alpha value is -2.57. The summed E-state index contributed by atoms with van der Waals surface area (Å²) in [6.07, 6.45) is 0. The number of carbonyl (C=O) groups is 1. The van der Waals surface area contributed by atoms with Gasteiger partial charge in [-0.2, -0.15) is 5.10 Å². The van der Waals surface area contributed by atoms with E-state index in [1.807, 2.05) is 26.8 Å². The maximum absolute atomic E-state index is 12.7. The minimum absolute atomic E-state index is 0.287. The van der Waals surface area contributed by atoms with E-state index in [9.17, 15) is 14.7 Å². The first-order valence-corrected chi connectivity index (χ1v) is 9.45. The molecule has 1 aromatic carbocycles. The summed E-state index contributed by atoms with van der Waals surface area (Å²) in [5, 5.41) is 14.8. The summed E-state index contributed by atoms with van der Waals surface area (Å²) in [6, 6.07) is 8.13. The molecule has 0 amide bonds. The fraction of sp³-hybridized carbons (Fsp3) is 0.250. The number of aromatic carboxylic acids is 1. The van der Waals surface area contributed by atoms with Gasteiger partial charge in [0, 0.05) is 29.6 Å². The summed E-state index contributed by atoms with van der Waals surface area (Å²) in [5.41, 5.74) is 2.44. The molecular weight excluding hydrogens is 401 g/mol. The van der Waals surface area contributed by atoms with E-state index in [0.29, 0.717) is 35.1 Å². The molecule has 2 aromatic heterocycles. The second-order valence-corrected chi connectivity index (χ2v) is 7.30. The van der Waals surface area contributed by atoms with Gasteiger partial charge in [0.05, 0.1) is 28.0 Å². The van der Waals surface area contributed by atoms with E-state index in [1.54, 1.807) is 27.4 Å². The summed E-state index contributed by atoms with van der Waals surface area (Å²) < 4.78 is 3.59. The quantitative estimate of drug-likeness (QED) is 0.664. The number of aryl methyl sites for hydroxylation is 2. The molecule has 3 aromatic rings. The Morgan fingerprint density at radius 3 is 2.39 bits per heavy atom. The van der Waals surface area contributed by atoms with Gasteiger partial charge in [-0.3, -0.25) is 9.48 Å². The fourth-order valence-electron chi connectivity index (χ4n) is 3.33. The zero-order valence-electron chi connectivity index (χ0n) is 15.7. The highest BCUT2D eigenvalue weighted by atomic mass is 35.5. The molecule has 0 aliphatic rings. The van der Waals surface area contributed by atoms with Crippen molar-refractivity contribution < 1.29 is 9.90 Å². The lowest BCUT2D eigenvalue weighted by Crippen LogP contribution is -2.24. The topological polar surface area (TPSA) is 77.1 Å². The van der Waals surface area contributed by atoms with Crippen LogP contribution in [0.15, 0.2) is 35.1 Å². The van der Waals surface area contributed by atoms with Crippen molar-refractivity contribution in [3.8, 4) is 11.3 Å². The van der Waals surface area contributed by atoms with Gasteiger partial charge < -0.3 is 9.67 Å². The number of aromatic nitrogens is 3. The van der Waals surface area contributed by atoms with Crippen LogP contribution in [0.2, 0.25) is 10.0 Å². The second kappa shape index (κ2) is 7.81. The Morgan fingerprint density at radius 2 is 1.86 bits per heavy atom. The molecule has 0 saturated carbocycles. The third kappa shape index (κ3) is 3.70. The average molecular weight is 420 g/mol. The number of carboxylic acid groups (broad SMARTS) is 1. The maximum atomic E-state index is 12.7. The molecule has 0 spiro atoms. The third-order valence-electron chi connectivity index (χ3n) is 4.54. The lowest BCUT2D eigenvalue weighted by atomic mass is 10.0. The Kier molecular flexibility index (Phi) is 5.63. The van der Waals surface area contributed by atoms with Crippen LogP contribution in [0.25, 0.3) is 11.3 Å². The van der Waals surface area contributed by atoms with E-state index < -0.39 is 11.4 Å². The van der Waals surface area contributed by atoms with E-state index >= 15 is 0 Å². The van der Waals surface area contributed by atoms with Crippen LogP contribution in [0, 0.1) is 13.8 Å². The fourth-order valence-corrected chi connectivity index (χ4v) is 3.63. The van der Waals surface area contributed by atoms with E-state index in [1.165, 1.54) is 6.07 Å². The predicted molar refractivity (Wildman–Crippen MR) is 110 cm³/mol. The number of nitrogens with zero attached hydrogens (tertiary/aromatic N) is 3. The number of halogens is 2. The van der Waals surface area contributed by atoms with Gasteiger partial charge in [-0.05, 0) is 39.0 Å². The lowest BCUT2D eigenvalue weighted by Gasteiger charge is -2.20. The third-order valence-corrected chi connectivity index (χ3v) is 5.27. The molecule has 0 aliphatic heterocycles. The van der Waals surface area contributed by atoms with Crippen LogP contribution in [0.3, 0.4) is 0 Å². The Bertz CT molecular complexity index is 1130. The number of hydrogen-bond donors (Lipinski definition) is 1. The molecule has 6 nitrogen and oxygen atoms in total. The van der Waals surface area contributed by atoms with Gasteiger partial charge in [0.15, 0.2) is 5.43 Å². The zero-order chi connectivity index (χ0) is 20.6. The number of pyridine rings is 1. The molecule has 0 unspecified atom stereocenters. The summed E-state index contributed by atoms with van der Waals surface area (Å²) in [4.78, 5) is 24.6. The largest absolute Gasteiger partial charge is 0.477 e. The van der Waals surface area contributed by atoms with Crippen molar-refractivity contribution in [3.05, 3.63) is 73.2 Å². The van der Waals surface area contributed by atoms with Crippen LogP contribution in [0.5, 0.6) is 0 Å². The predicted octanol–water partition coefficient (Wildman–Crippen LogP) is 4.40. The van der Waals surface area contributed by atoms with Crippen molar-refractivity contribution in [2.75, 3.05) is 0 Å². The molecule has 0 saturated heterocycles. The molecule has 0 atom stereocenters. The van der Waals surface area contributed by atoms with Crippen LogP contribution in [0.1, 0.15) is 34.4 Å². The maximum Gasteiger partial charge on any atom is 0.341 e. The van der Waals surface area contributed by atoms with E-state index in [0.717, 1.165) is 11.4 Å². The van der Waals surface area contributed by atoms with Crippen molar-refractivity contribution >= 4 is 29.2 Å². The van der Waals surface area contributed by atoms with Crippen LogP contribution in [-0.2, 0) is 13.1 Å². The van der Waals surface area contributed by atoms with E-state index in [2.05, 4.69) is 5.10 Å². The van der Waals surface area contributed by atoms with Crippen LogP contribution >= 0.6 is 23.2 Å². The normalized spacial score (nSPS) is 11.0. The molecule has 8 heteroatoms. The van der Waals surface area contributed by atoms with Crippen LogP contribution < -0.4 is 5.43 Å². The summed E-state index contributed by atoms with van der Waals surface area (Å²) >= 11 is 12.1. The molecule has 3 rings (SSSR count). The van der Waals surface area contributed by atoms with Gasteiger partial charge in [-0.25, -0.2) is 4.79 Å². The highest BCUT2D eigenvalue weighted by molar-refractivity contribution is 6.42. The highest BCUT2D eigenvalue weighted by Gasteiger charge is 2.22. The Balaban J connectivity index is 2.30. The van der Waals surface area contributed by atoms with Crippen LogP contribution in [0.4, 0.5) is 0 Å². The SMILES string of the molecule is CCn1c(Cn2nc(C)cc2C)cc(=O)c(C(=O)O)c1-c1ccc(Cl)c(Cl)c1. The van der Waals surface area contributed by atoms with Gasteiger partial charge in [-0.15, -0.1) is 0 Å². The van der Waals surface area contributed by atoms with Crippen LogP contribution in [-0.4, -0.2) is 25.4 Å². The number of carboxylic acids is 1. The minimum atomic E-state index is -1.29. The summed E-state index contributed by atoms with van der Waals surface area (Å²) in [5.74, 6) is -1.29. The monoisotopic (exact) mass is 419 g/mol. The molecule has 0 fully saturated rings. The summed E-state index contributed by atoms with van der Waals surface area (Å²) in [6.45, 7) is 6.52. The molecule has 2 heterocycles. The smallest absolute Gasteiger partial charge is 0.341 e. The van der Waals surface area contributed by atoms with Crippen molar-refractivity contribution in [2.24, 2.45) is 0 Å². The molecule has 0 radical (unpaired) electrons. The minimum Gasteiger partial charge on any atom is -0.477 e. The molecule has 1 N–H and O–H groups in total. The van der Waals surface area contributed by atoms with E-state index in [-0.39, 0.29) is 10.6 Å². The average Bonchev–Trinajstić information content (AvgIpc) is 2.93. The summed E-state index contributed by atoms with van der Waals surface area (Å²) in [7, 11) is 0. The second-order valence-electron chi connectivity index (χ2n) is 6.49. The van der Waals surface area contributed by atoms with Gasteiger partial charge in [0.25, 0.3) is 0 Å². The van der Waals surface area contributed by atoms with Crippen molar-refractivity contribution in [1.82, 2.24) is 14.3 Å². The first-order chi connectivity index (χ1) is 13.2. The van der Waals surface area contributed by atoms with Crippen molar-refractivity contribution in [2.45, 2.75) is 33.9 Å². The van der Waals surface area contributed by atoms with E-state index in [4.69, 9.17) is 23.2 Å². The van der Waals surface area contributed by atoms with Gasteiger partial charge in [-0.1, -0.05) is 29.3 Å². The Morgan fingerprint density at radius 1 is 1.14 bits per heavy atom.